The minimum Gasteiger partial charge on any atom is -0.336 e. The fraction of sp³-hybridized carbons (Fsp3) is 0.200. The molecule has 1 aliphatic rings. The molecule has 1 amide bonds. The van der Waals surface area contributed by atoms with Gasteiger partial charge in [-0.15, -0.1) is 0 Å². The van der Waals surface area contributed by atoms with Crippen molar-refractivity contribution in [3.8, 4) is 11.3 Å². The second-order valence-electron chi connectivity index (χ2n) is 6.82. The molecule has 0 unspecified atom stereocenters. The molecule has 1 fully saturated rings. The van der Waals surface area contributed by atoms with E-state index in [0.29, 0.717) is 16.8 Å². The van der Waals surface area contributed by atoms with Crippen molar-refractivity contribution in [2.75, 3.05) is 26.2 Å². The summed E-state index contributed by atoms with van der Waals surface area (Å²) in [7, 11) is -3.84. The highest BCUT2D eigenvalue weighted by atomic mass is 32.2. The molecule has 1 N–H and O–H groups in total. The Morgan fingerprint density at radius 1 is 0.967 bits per heavy atom. The second kappa shape index (κ2) is 7.96. The van der Waals surface area contributed by atoms with Crippen LogP contribution in [0.25, 0.3) is 11.3 Å². The Labute approximate surface area is 172 Å². The van der Waals surface area contributed by atoms with Crippen molar-refractivity contribution < 1.29 is 22.0 Å². The Bertz CT molecular complexity index is 1170. The number of halogens is 2. The van der Waals surface area contributed by atoms with E-state index >= 15 is 0 Å². The van der Waals surface area contributed by atoms with Crippen LogP contribution in [-0.4, -0.2) is 59.9 Å². The Balaban J connectivity index is 1.48. The maximum absolute atomic E-state index is 13.4. The van der Waals surface area contributed by atoms with Crippen LogP contribution in [0, 0.1) is 11.6 Å². The molecule has 1 aliphatic heterocycles. The molecule has 0 radical (unpaired) electrons. The third-order valence-corrected chi connectivity index (χ3v) is 6.86. The predicted octanol–water partition coefficient (Wildman–Crippen LogP) is 2.50. The van der Waals surface area contributed by atoms with Gasteiger partial charge in [0, 0.05) is 31.7 Å². The molecule has 0 bridgehead atoms. The van der Waals surface area contributed by atoms with Crippen LogP contribution < -0.4 is 0 Å². The lowest BCUT2D eigenvalue weighted by atomic mass is 10.1. The number of piperazine rings is 1. The average Bonchev–Trinajstić information content (AvgIpc) is 3.24. The first-order valence-electron chi connectivity index (χ1n) is 9.20. The highest BCUT2D eigenvalue weighted by Gasteiger charge is 2.31. The number of aromatic amines is 1. The summed E-state index contributed by atoms with van der Waals surface area (Å²) in [6, 6.07) is 10.5. The smallest absolute Gasteiger partial charge is 0.257 e. The fourth-order valence-corrected chi connectivity index (χ4v) is 4.82. The Kier molecular flexibility index (Phi) is 5.35. The van der Waals surface area contributed by atoms with Crippen molar-refractivity contribution in [1.29, 1.82) is 0 Å². The number of rotatable bonds is 4. The summed E-state index contributed by atoms with van der Waals surface area (Å²) in [6.07, 6.45) is 1.40. The van der Waals surface area contributed by atoms with Crippen LogP contribution in [-0.2, 0) is 10.0 Å². The van der Waals surface area contributed by atoms with E-state index in [1.807, 2.05) is 0 Å². The van der Waals surface area contributed by atoms with Gasteiger partial charge in [-0.25, -0.2) is 17.2 Å². The van der Waals surface area contributed by atoms with Gasteiger partial charge >= 0.3 is 0 Å². The van der Waals surface area contributed by atoms with Gasteiger partial charge in [-0.1, -0.05) is 6.07 Å². The minimum absolute atomic E-state index is 0.0916. The minimum atomic E-state index is -3.84. The van der Waals surface area contributed by atoms with E-state index in [-0.39, 0.29) is 42.8 Å². The number of aromatic nitrogens is 2. The van der Waals surface area contributed by atoms with Crippen LogP contribution in [0.5, 0.6) is 0 Å². The first-order chi connectivity index (χ1) is 14.4. The number of nitrogens with zero attached hydrogens (tertiary/aromatic N) is 3. The number of benzene rings is 2. The van der Waals surface area contributed by atoms with Gasteiger partial charge in [0.1, 0.15) is 11.6 Å². The zero-order chi connectivity index (χ0) is 21.3. The third kappa shape index (κ3) is 3.83. The van der Waals surface area contributed by atoms with Gasteiger partial charge in [-0.05, 0) is 42.5 Å². The number of carbonyl (C=O) groups is 1. The molecule has 4 rings (SSSR count). The summed E-state index contributed by atoms with van der Waals surface area (Å²) in [5.74, 6) is -1.31. The Hall–Kier alpha value is -3.11. The van der Waals surface area contributed by atoms with Gasteiger partial charge in [0.2, 0.25) is 10.0 Å². The Morgan fingerprint density at radius 2 is 1.67 bits per heavy atom. The van der Waals surface area contributed by atoms with Crippen molar-refractivity contribution in [3.05, 3.63) is 71.9 Å². The van der Waals surface area contributed by atoms with Crippen molar-refractivity contribution in [1.82, 2.24) is 19.4 Å². The summed E-state index contributed by atoms with van der Waals surface area (Å²) >= 11 is 0. The molecule has 0 spiro atoms. The van der Waals surface area contributed by atoms with Gasteiger partial charge in [-0.3, -0.25) is 9.89 Å². The molecule has 10 heteroatoms. The maximum Gasteiger partial charge on any atom is 0.257 e. The summed E-state index contributed by atoms with van der Waals surface area (Å²) < 4.78 is 53.3. The summed E-state index contributed by atoms with van der Waals surface area (Å²) in [4.78, 5) is 14.4. The summed E-state index contributed by atoms with van der Waals surface area (Å²) in [5.41, 5.74) is 1.41. The van der Waals surface area contributed by atoms with Crippen molar-refractivity contribution in [3.63, 3.8) is 0 Å². The Morgan fingerprint density at radius 3 is 2.33 bits per heavy atom. The van der Waals surface area contributed by atoms with E-state index in [1.54, 1.807) is 12.1 Å². The molecule has 156 valence electrons. The summed E-state index contributed by atoms with van der Waals surface area (Å²) in [6.45, 7) is 0.547. The first kappa shape index (κ1) is 20.2. The molecule has 1 saturated heterocycles. The van der Waals surface area contributed by atoms with Crippen LogP contribution >= 0.6 is 0 Å². The highest BCUT2D eigenvalue weighted by Crippen LogP contribution is 2.24. The van der Waals surface area contributed by atoms with Gasteiger partial charge in [-0.2, -0.15) is 9.40 Å². The van der Waals surface area contributed by atoms with Gasteiger partial charge in [0.25, 0.3) is 5.91 Å². The van der Waals surface area contributed by atoms with Gasteiger partial charge in [0.15, 0.2) is 0 Å². The molecule has 2 aromatic carbocycles. The van der Waals surface area contributed by atoms with Gasteiger partial charge in [0.05, 0.1) is 22.3 Å². The van der Waals surface area contributed by atoms with E-state index in [1.165, 1.54) is 45.7 Å². The van der Waals surface area contributed by atoms with Crippen LogP contribution in [0.1, 0.15) is 10.4 Å². The molecule has 1 aromatic heterocycles. The van der Waals surface area contributed by atoms with E-state index in [2.05, 4.69) is 10.2 Å². The van der Waals surface area contributed by atoms with Crippen LogP contribution in [0.15, 0.2) is 59.6 Å². The number of H-pyrrole nitrogens is 1. The van der Waals surface area contributed by atoms with Gasteiger partial charge < -0.3 is 4.90 Å². The average molecular weight is 432 g/mol. The number of carbonyl (C=O) groups excluding carboxylic acids is 1. The second-order valence-corrected chi connectivity index (χ2v) is 8.76. The molecule has 30 heavy (non-hydrogen) atoms. The normalized spacial score (nSPS) is 15.3. The number of sulfonamides is 1. The topological polar surface area (TPSA) is 86.4 Å². The van der Waals surface area contributed by atoms with Crippen LogP contribution in [0.3, 0.4) is 0 Å². The number of nitrogens with one attached hydrogen (secondary N) is 1. The van der Waals surface area contributed by atoms with Crippen molar-refractivity contribution >= 4 is 15.9 Å². The predicted molar refractivity (Wildman–Crippen MR) is 105 cm³/mol. The largest absolute Gasteiger partial charge is 0.336 e. The number of hydrogen-bond acceptors (Lipinski definition) is 4. The van der Waals surface area contributed by atoms with Crippen LogP contribution in [0.2, 0.25) is 0 Å². The van der Waals surface area contributed by atoms with Crippen molar-refractivity contribution in [2.45, 2.75) is 4.90 Å². The van der Waals surface area contributed by atoms with Crippen molar-refractivity contribution in [2.24, 2.45) is 0 Å². The van der Waals surface area contributed by atoms with E-state index in [4.69, 9.17) is 0 Å². The summed E-state index contributed by atoms with van der Waals surface area (Å²) in [5, 5.41) is 6.69. The molecule has 0 saturated carbocycles. The molecule has 2 heterocycles. The third-order valence-electron chi connectivity index (χ3n) is 4.96. The SMILES string of the molecule is O=C(c1cn[nH]c1-c1ccc(F)cc1)N1CCN(S(=O)(=O)c2cccc(F)c2)CC1. The van der Waals surface area contributed by atoms with Crippen LogP contribution in [0.4, 0.5) is 8.78 Å². The van der Waals surface area contributed by atoms with E-state index in [9.17, 15) is 22.0 Å². The number of amides is 1. The zero-order valence-corrected chi connectivity index (χ0v) is 16.6. The molecular formula is C20H18F2N4O3S. The first-order valence-corrected chi connectivity index (χ1v) is 10.6. The highest BCUT2D eigenvalue weighted by molar-refractivity contribution is 7.89. The number of hydrogen-bond donors (Lipinski definition) is 1. The lowest BCUT2D eigenvalue weighted by molar-refractivity contribution is 0.0698. The maximum atomic E-state index is 13.4. The van der Waals surface area contributed by atoms with E-state index in [0.717, 1.165) is 6.07 Å². The lowest BCUT2D eigenvalue weighted by Crippen LogP contribution is -2.50. The lowest BCUT2D eigenvalue weighted by Gasteiger charge is -2.34. The van der Waals surface area contributed by atoms with E-state index < -0.39 is 15.8 Å². The standard InChI is InChI=1S/C20H18F2N4O3S/c21-15-6-4-14(5-7-15)19-18(13-23-24-19)20(27)25-8-10-26(11-9-25)30(28,29)17-3-1-2-16(22)12-17/h1-7,12-13H,8-11H2,(H,23,24). The molecule has 3 aromatic rings. The fourth-order valence-electron chi connectivity index (χ4n) is 3.36. The molecule has 7 nitrogen and oxygen atoms in total. The molecular weight excluding hydrogens is 414 g/mol. The monoisotopic (exact) mass is 432 g/mol. The molecule has 0 aliphatic carbocycles. The molecule has 0 atom stereocenters. The quantitative estimate of drug-likeness (QED) is 0.686. The zero-order valence-electron chi connectivity index (χ0n) is 15.8.